The van der Waals surface area contributed by atoms with Gasteiger partial charge in [-0.1, -0.05) is 47.3 Å². The van der Waals surface area contributed by atoms with E-state index < -0.39 is 0 Å². The normalized spacial score (nSPS) is 17.1. The summed E-state index contributed by atoms with van der Waals surface area (Å²) in [7, 11) is 0. The number of oxime groups is 1. The molecule has 1 aromatic carbocycles. The highest BCUT2D eigenvalue weighted by atomic mass is 35.5. The lowest BCUT2D eigenvalue weighted by molar-refractivity contribution is 0.214. The average molecular weight is 316 g/mol. The SMILES string of the molecule is NC(CN(Cc1c(Cl)cccc1Cl)C1CCCC1)=NO. The van der Waals surface area contributed by atoms with E-state index in [1.54, 1.807) is 0 Å². The molecule has 20 heavy (non-hydrogen) atoms. The number of hydrogen-bond acceptors (Lipinski definition) is 3. The number of benzene rings is 1. The lowest BCUT2D eigenvalue weighted by Gasteiger charge is -2.28. The molecule has 110 valence electrons. The Hall–Kier alpha value is -0.970. The second-order valence-electron chi connectivity index (χ2n) is 5.13. The molecular formula is C14H19Cl2N3O. The predicted octanol–water partition coefficient (Wildman–Crippen LogP) is 3.48. The molecule has 4 nitrogen and oxygen atoms in total. The molecule has 0 aliphatic heterocycles. The molecule has 0 atom stereocenters. The van der Waals surface area contributed by atoms with E-state index in [1.807, 2.05) is 18.2 Å². The number of nitrogens with two attached hydrogens (primary N) is 1. The van der Waals surface area contributed by atoms with Gasteiger partial charge < -0.3 is 10.9 Å². The largest absolute Gasteiger partial charge is 0.409 e. The summed E-state index contributed by atoms with van der Waals surface area (Å²) in [6, 6.07) is 5.93. The minimum atomic E-state index is 0.208. The Labute approximate surface area is 129 Å². The highest BCUT2D eigenvalue weighted by molar-refractivity contribution is 6.35. The lowest BCUT2D eigenvalue weighted by Crippen LogP contribution is -2.39. The zero-order valence-corrected chi connectivity index (χ0v) is 12.7. The Balaban J connectivity index is 2.18. The third-order valence-electron chi connectivity index (χ3n) is 3.76. The Kier molecular flexibility index (Phi) is 5.52. The van der Waals surface area contributed by atoms with Crippen LogP contribution in [0, 0.1) is 0 Å². The molecule has 0 saturated heterocycles. The van der Waals surface area contributed by atoms with Gasteiger partial charge in [0.1, 0.15) is 0 Å². The fraction of sp³-hybridized carbons (Fsp3) is 0.500. The van der Waals surface area contributed by atoms with Crippen LogP contribution in [0.2, 0.25) is 10.0 Å². The van der Waals surface area contributed by atoms with Crippen molar-refractivity contribution in [1.29, 1.82) is 0 Å². The van der Waals surface area contributed by atoms with Crippen LogP contribution < -0.4 is 5.73 Å². The molecule has 1 aliphatic carbocycles. The summed E-state index contributed by atoms with van der Waals surface area (Å²) < 4.78 is 0. The van der Waals surface area contributed by atoms with Crippen LogP contribution in [-0.2, 0) is 6.54 Å². The van der Waals surface area contributed by atoms with E-state index in [4.69, 9.17) is 34.1 Å². The van der Waals surface area contributed by atoms with Crippen LogP contribution in [0.3, 0.4) is 0 Å². The third-order valence-corrected chi connectivity index (χ3v) is 4.47. The van der Waals surface area contributed by atoms with Crippen molar-refractivity contribution >= 4 is 29.0 Å². The van der Waals surface area contributed by atoms with Gasteiger partial charge >= 0.3 is 0 Å². The molecule has 1 aliphatic rings. The van der Waals surface area contributed by atoms with Gasteiger partial charge in [0, 0.05) is 28.2 Å². The summed E-state index contributed by atoms with van der Waals surface area (Å²) in [4.78, 5) is 2.19. The molecule has 3 N–H and O–H groups in total. The second kappa shape index (κ2) is 7.16. The molecule has 1 fully saturated rings. The van der Waals surface area contributed by atoms with Crippen LogP contribution in [0.15, 0.2) is 23.4 Å². The zero-order valence-electron chi connectivity index (χ0n) is 11.2. The van der Waals surface area contributed by atoms with E-state index >= 15 is 0 Å². The minimum absolute atomic E-state index is 0.208. The Morgan fingerprint density at radius 1 is 1.30 bits per heavy atom. The maximum atomic E-state index is 8.79. The van der Waals surface area contributed by atoms with Crippen molar-refractivity contribution in [3.8, 4) is 0 Å². The summed E-state index contributed by atoms with van der Waals surface area (Å²) in [5.74, 6) is 0.208. The van der Waals surface area contributed by atoms with Gasteiger partial charge in [0.15, 0.2) is 5.84 Å². The zero-order chi connectivity index (χ0) is 14.5. The molecule has 1 aromatic rings. The van der Waals surface area contributed by atoms with Crippen molar-refractivity contribution in [1.82, 2.24) is 4.90 Å². The number of nitrogens with zero attached hydrogens (tertiary/aromatic N) is 2. The van der Waals surface area contributed by atoms with Gasteiger partial charge in [-0.2, -0.15) is 0 Å². The summed E-state index contributed by atoms with van der Waals surface area (Å²) in [5.41, 5.74) is 6.56. The molecule has 0 unspecified atom stereocenters. The molecule has 0 bridgehead atoms. The molecule has 6 heteroatoms. The number of hydrogen-bond donors (Lipinski definition) is 2. The first kappa shape index (κ1) is 15.4. The van der Waals surface area contributed by atoms with Gasteiger partial charge in [0.05, 0.1) is 6.54 Å². The van der Waals surface area contributed by atoms with Gasteiger partial charge in [-0.15, -0.1) is 0 Å². The molecule has 0 radical (unpaired) electrons. The van der Waals surface area contributed by atoms with Crippen LogP contribution in [0.5, 0.6) is 0 Å². The van der Waals surface area contributed by atoms with Gasteiger partial charge in [0.25, 0.3) is 0 Å². The highest BCUT2D eigenvalue weighted by Crippen LogP contribution is 2.29. The van der Waals surface area contributed by atoms with Crippen molar-refractivity contribution in [3.63, 3.8) is 0 Å². The van der Waals surface area contributed by atoms with Gasteiger partial charge in [0.2, 0.25) is 0 Å². The van der Waals surface area contributed by atoms with Crippen LogP contribution in [-0.4, -0.2) is 28.5 Å². The number of amidine groups is 1. The van der Waals surface area contributed by atoms with Crippen LogP contribution >= 0.6 is 23.2 Å². The molecule has 0 aromatic heterocycles. The molecule has 1 saturated carbocycles. The molecular weight excluding hydrogens is 297 g/mol. The highest BCUT2D eigenvalue weighted by Gasteiger charge is 2.24. The first-order valence-electron chi connectivity index (χ1n) is 6.75. The van der Waals surface area contributed by atoms with Gasteiger partial charge in [-0.05, 0) is 25.0 Å². The summed E-state index contributed by atoms with van der Waals surface area (Å²) in [6.07, 6.45) is 4.68. The Morgan fingerprint density at radius 2 is 1.90 bits per heavy atom. The molecule has 0 amide bonds. The number of rotatable bonds is 5. The summed E-state index contributed by atoms with van der Waals surface area (Å²) in [6.45, 7) is 1.03. The average Bonchev–Trinajstić information content (AvgIpc) is 2.95. The van der Waals surface area contributed by atoms with Crippen molar-refractivity contribution in [3.05, 3.63) is 33.8 Å². The van der Waals surface area contributed by atoms with E-state index in [0.29, 0.717) is 29.2 Å². The van der Waals surface area contributed by atoms with E-state index in [2.05, 4.69) is 10.1 Å². The summed E-state index contributed by atoms with van der Waals surface area (Å²) >= 11 is 12.5. The fourth-order valence-electron chi connectivity index (χ4n) is 2.71. The maximum absolute atomic E-state index is 8.79. The third kappa shape index (κ3) is 3.78. The van der Waals surface area contributed by atoms with E-state index in [-0.39, 0.29) is 5.84 Å². The quantitative estimate of drug-likeness (QED) is 0.378. The van der Waals surface area contributed by atoms with Gasteiger partial charge in [-0.3, -0.25) is 4.90 Å². The Bertz CT molecular complexity index is 467. The molecule has 0 heterocycles. The maximum Gasteiger partial charge on any atom is 0.153 e. The molecule has 2 rings (SSSR count). The lowest BCUT2D eigenvalue weighted by atomic mass is 10.1. The monoisotopic (exact) mass is 315 g/mol. The topological polar surface area (TPSA) is 61.8 Å². The smallest absolute Gasteiger partial charge is 0.153 e. The fourth-order valence-corrected chi connectivity index (χ4v) is 3.23. The number of halogens is 2. The predicted molar refractivity (Wildman–Crippen MR) is 82.5 cm³/mol. The first-order valence-corrected chi connectivity index (χ1v) is 7.50. The van der Waals surface area contributed by atoms with Crippen LogP contribution in [0.1, 0.15) is 31.2 Å². The Morgan fingerprint density at radius 3 is 2.45 bits per heavy atom. The van der Waals surface area contributed by atoms with E-state index in [0.717, 1.165) is 18.4 Å². The van der Waals surface area contributed by atoms with Crippen molar-refractivity contribution in [2.75, 3.05) is 6.54 Å². The first-order chi connectivity index (χ1) is 9.61. The van der Waals surface area contributed by atoms with Gasteiger partial charge in [-0.25, -0.2) is 0 Å². The van der Waals surface area contributed by atoms with E-state index in [9.17, 15) is 0 Å². The van der Waals surface area contributed by atoms with Crippen molar-refractivity contribution in [2.45, 2.75) is 38.3 Å². The van der Waals surface area contributed by atoms with Crippen molar-refractivity contribution < 1.29 is 5.21 Å². The second-order valence-corrected chi connectivity index (χ2v) is 5.95. The standard InChI is InChI=1S/C14H19Cl2N3O/c15-12-6-3-7-13(16)11(12)8-19(9-14(17)18-20)10-4-1-2-5-10/h3,6-7,10,20H,1-2,4-5,8-9H2,(H2,17,18). The minimum Gasteiger partial charge on any atom is -0.409 e. The summed E-state index contributed by atoms with van der Waals surface area (Å²) in [5, 5.41) is 13.2. The van der Waals surface area contributed by atoms with Crippen LogP contribution in [0.4, 0.5) is 0 Å². The van der Waals surface area contributed by atoms with Crippen LogP contribution in [0.25, 0.3) is 0 Å². The van der Waals surface area contributed by atoms with E-state index in [1.165, 1.54) is 12.8 Å². The van der Waals surface area contributed by atoms with Crippen molar-refractivity contribution in [2.24, 2.45) is 10.9 Å². The molecule has 0 spiro atoms.